The van der Waals surface area contributed by atoms with Crippen LogP contribution in [0.4, 0.5) is 0 Å². The van der Waals surface area contributed by atoms with Crippen LogP contribution in [0.2, 0.25) is 0 Å². The van der Waals surface area contributed by atoms with Gasteiger partial charge in [0, 0.05) is 25.2 Å². The SMILES string of the molecule is CC(c1ccccc1)C1CCCC(C2(O)CNC2)N1. The van der Waals surface area contributed by atoms with Gasteiger partial charge >= 0.3 is 0 Å². The van der Waals surface area contributed by atoms with Crippen LogP contribution in [0.5, 0.6) is 0 Å². The third-order valence-corrected chi connectivity index (χ3v) is 4.86. The van der Waals surface area contributed by atoms with Crippen LogP contribution in [0, 0.1) is 0 Å². The van der Waals surface area contributed by atoms with Gasteiger partial charge < -0.3 is 15.7 Å². The highest BCUT2D eigenvalue weighted by atomic mass is 16.3. The van der Waals surface area contributed by atoms with Crippen molar-refractivity contribution in [2.45, 2.75) is 49.8 Å². The van der Waals surface area contributed by atoms with E-state index in [1.54, 1.807) is 0 Å². The van der Waals surface area contributed by atoms with E-state index in [-0.39, 0.29) is 6.04 Å². The van der Waals surface area contributed by atoms with Crippen molar-refractivity contribution in [1.29, 1.82) is 0 Å². The standard InChI is InChI=1S/C16H24N2O/c1-12(13-6-3-2-4-7-13)14-8-5-9-15(18-14)16(19)10-17-11-16/h2-4,6-7,12,14-15,17-19H,5,8-11H2,1H3. The Morgan fingerprint density at radius 2 is 1.95 bits per heavy atom. The Labute approximate surface area is 115 Å². The van der Waals surface area contributed by atoms with E-state index in [1.165, 1.54) is 18.4 Å². The number of rotatable bonds is 3. The molecule has 3 rings (SSSR count). The molecule has 104 valence electrons. The van der Waals surface area contributed by atoms with E-state index in [9.17, 15) is 5.11 Å². The lowest BCUT2D eigenvalue weighted by Crippen LogP contribution is -2.71. The molecule has 1 aromatic rings. The summed E-state index contributed by atoms with van der Waals surface area (Å²) < 4.78 is 0. The monoisotopic (exact) mass is 260 g/mol. The molecule has 0 aromatic heterocycles. The summed E-state index contributed by atoms with van der Waals surface area (Å²) in [6.45, 7) is 3.76. The quantitative estimate of drug-likeness (QED) is 0.774. The maximum atomic E-state index is 10.5. The lowest BCUT2D eigenvalue weighted by Gasteiger charge is -2.48. The van der Waals surface area contributed by atoms with Gasteiger partial charge in [-0.3, -0.25) is 0 Å². The summed E-state index contributed by atoms with van der Waals surface area (Å²) in [5.74, 6) is 0.501. The molecule has 0 radical (unpaired) electrons. The van der Waals surface area contributed by atoms with Gasteiger partial charge in [0.1, 0.15) is 5.60 Å². The maximum absolute atomic E-state index is 10.5. The summed E-state index contributed by atoms with van der Waals surface area (Å²) in [7, 11) is 0. The topological polar surface area (TPSA) is 44.3 Å². The van der Waals surface area contributed by atoms with Gasteiger partial charge in [-0.05, 0) is 24.3 Å². The molecule has 2 aliphatic heterocycles. The molecule has 3 nitrogen and oxygen atoms in total. The van der Waals surface area contributed by atoms with Crippen LogP contribution in [-0.4, -0.2) is 35.9 Å². The van der Waals surface area contributed by atoms with Crippen molar-refractivity contribution in [3.8, 4) is 0 Å². The fourth-order valence-corrected chi connectivity index (χ4v) is 3.40. The average Bonchev–Trinajstić information content (AvgIpc) is 2.45. The lowest BCUT2D eigenvalue weighted by atomic mass is 9.79. The van der Waals surface area contributed by atoms with Crippen LogP contribution in [0.3, 0.4) is 0 Å². The Bertz CT molecular complexity index is 416. The van der Waals surface area contributed by atoms with E-state index >= 15 is 0 Å². The van der Waals surface area contributed by atoms with Crippen LogP contribution in [-0.2, 0) is 0 Å². The number of hydrogen-bond acceptors (Lipinski definition) is 3. The molecule has 3 atom stereocenters. The highest BCUT2D eigenvalue weighted by Crippen LogP contribution is 2.30. The van der Waals surface area contributed by atoms with Gasteiger partial charge in [0.2, 0.25) is 0 Å². The summed E-state index contributed by atoms with van der Waals surface area (Å²) in [6.07, 6.45) is 3.51. The zero-order valence-corrected chi connectivity index (χ0v) is 11.6. The molecule has 19 heavy (non-hydrogen) atoms. The van der Waals surface area contributed by atoms with Gasteiger partial charge in [0.15, 0.2) is 0 Å². The van der Waals surface area contributed by atoms with Crippen molar-refractivity contribution in [1.82, 2.24) is 10.6 Å². The number of aliphatic hydroxyl groups is 1. The second-order valence-corrected chi connectivity index (χ2v) is 6.16. The fraction of sp³-hybridized carbons (Fsp3) is 0.625. The molecule has 2 fully saturated rings. The minimum absolute atomic E-state index is 0.249. The molecule has 3 unspecified atom stereocenters. The molecule has 0 amide bonds. The van der Waals surface area contributed by atoms with E-state index in [0.29, 0.717) is 12.0 Å². The predicted molar refractivity (Wildman–Crippen MR) is 77.2 cm³/mol. The van der Waals surface area contributed by atoms with Crippen molar-refractivity contribution in [3.63, 3.8) is 0 Å². The van der Waals surface area contributed by atoms with E-state index in [0.717, 1.165) is 19.5 Å². The van der Waals surface area contributed by atoms with E-state index in [4.69, 9.17) is 0 Å². The van der Waals surface area contributed by atoms with Gasteiger partial charge in [-0.25, -0.2) is 0 Å². The minimum Gasteiger partial charge on any atom is -0.386 e. The van der Waals surface area contributed by atoms with Crippen LogP contribution in [0.15, 0.2) is 30.3 Å². The Morgan fingerprint density at radius 3 is 2.58 bits per heavy atom. The first-order valence-electron chi connectivity index (χ1n) is 7.43. The average molecular weight is 260 g/mol. The molecule has 0 bridgehead atoms. The van der Waals surface area contributed by atoms with Crippen LogP contribution in [0.1, 0.15) is 37.7 Å². The number of β-amino-alcohol motifs (C(OH)–C–C–N with tert-alkyl or cyclic N) is 1. The number of nitrogens with one attached hydrogen (secondary N) is 2. The fourth-order valence-electron chi connectivity index (χ4n) is 3.40. The van der Waals surface area contributed by atoms with Crippen LogP contribution in [0.25, 0.3) is 0 Å². The number of benzene rings is 1. The van der Waals surface area contributed by atoms with Gasteiger partial charge in [-0.1, -0.05) is 43.7 Å². The van der Waals surface area contributed by atoms with Crippen molar-refractivity contribution in [2.75, 3.05) is 13.1 Å². The van der Waals surface area contributed by atoms with Gasteiger partial charge in [-0.15, -0.1) is 0 Å². The predicted octanol–water partition coefficient (Wildman–Crippen LogP) is 1.64. The maximum Gasteiger partial charge on any atom is 0.105 e. The normalized spacial score (nSPS) is 31.5. The highest BCUT2D eigenvalue weighted by Gasteiger charge is 2.44. The summed E-state index contributed by atoms with van der Waals surface area (Å²) in [5.41, 5.74) is 0.870. The first-order chi connectivity index (χ1) is 9.19. The third-order valence-electron chi connectivity index (χ3n) is 4.86. The first-order valence-corrected chi connectivity index (χ1v) is 7.43. The lowest BCUT2D eigenvalue weighted by molar-refractivity contribution is -0.0553. The molecule has 0 aliphatic carbocycles. The molecule has 2 saturated heterocycles. The van der Waals surface area contributed by atoms with Crippen molar-refractivity contribution >= 4 is 0 Å². The minimum atomic E-state index is -0.519. The number of hydrogen-bond donors (Lipinski definition) is 3. The molecule has 2 aliphatic rings. The summed E-state index contributed by atoms with van der Waals surface area (Å²) in [6, 6.07) is 11.4. The smallest absolute Gasteiger partial charge is 0.105 e. The highest BCUT2D eigenvalue weighted by molar-refractivity contribution is 5.21. The molecule has 2 heterocycles. The second-order valence-electron chi connectivity index (χ2n) is 6.16. The molecule has 1 aromatic carbocycles. The van der Waals surface area contributed by atoms with E-state index < -0.39 is 5.60 Å². The molecular weight excluding hydrogens is 236 g/mol. The molecular formula is C16H24N2O. The Kier molecular flexibility index (Phi) is 3.61. The summed E-state index contributed by atoms with van der Waals surface area (Å²) in [4.78, 5) is 0. The zero-order chi connectivity index (χ0) is 13.3. The second kappa shape index (κ2) is 5.23. The van der Waals surface area contributed by atoms with Crippen molar-refractivity contribution < 1.29 is 5.11 Å². The summed E-state index contributed by atoms with van der Waals surface area (Å²) in [5, 5.41) is 17.4. The largest absolute Gasteiger partial charge is 0.386 e. The molecule has 0 saturated carbocycles. The molecule has 0 spiro atoms. The van der Waals surface area contributed by atoms with Gasteiger partial charge in [0.05, 0.1) is 0 Å². The van der Waals surface area contributed by atoms with Gasteiger partial charge in [0.25, 0.3) is 0 Å². The Balaban J connectivity index is 1.68. The number of piperidine rings is 1. The third kappa shape index (κ3) is 2.55. The van der Waals surface area contributed by atoms with Crippen LogP contribution < -0.4 is 10.6 Å². The first kappa shape index (κ1) is 13.1. The van der Waals surface area contributed by atoms with Gasteiger partial charge in [-0.2, -0.15) is 0 Å². The Hall–Kier alpha value is -0.900. The summed E-state index contributed by atoms with van der Waals surface area (Å²) >= 11 is 0. The molecule has 3 N–H and O–H groups in total. The zero-order valence-electron chi connectivity index (χ0n) is 11.6. The van der Waals surface area contributed by atoms with E-state index in [2.05, 4.69) is 47.9 Å². The van der Waals surface area contributed by atoms with Crippen molar-refractivity contribution in [3.05, 3.63) is 35.9 Å². The Morgan fingerprint density at radius 1 is 1.21 bits per heavy atom. The van der Waals surface area contributed by atoms with E-state index in [1.807, 2.05) is 0 Å². The molecule has 3 heteroatoms. The van der Waals surface area contributed by atoms with Crippen molar-refractivity contribution in [2.24, 2.45) is 0 Å². The van der Waals surface area contributed by atoms with Crippen LogP contribution >= 0.6 is 0 Å².